The summed E-state index contributed by atoms with van der Waals surface area (Å²) in [5.74, 6) is 3.30. The molecule has 0 N–H and O–H groups in total. The van der Waals surface area contributed by atoms with E-state index in [1.807, 2.05) is 0 Å². The second-order valence-electron chi connectivity index (χ2n) is 13.1. The zero-order valence-corrected chi connectivity index (χ0v) is 27.4. The van der Waals surface area contributed by atoms with Gasteiger partial charge >= 0.3 is 0 Å². The van der Waals surface area contributed by atoms with Gasteiger partial charge in [0.1, 0.15) is 0 Å². The van der Waals surface area contributed by atoms with Crippen LogP contribution in [0.4, 0.5) is 0 Å². The molecule has 0 saturated carbocycles. The predicted octanol–water partition coefficient (Wildman–Crippen LogP) is 10.2. The number of carbonyl (C=O) groups is 1. The van der Waals surface area contributed by atoms with Crippen LogP contribution in [0.1, 0.15) is 164 Å². The van der Waals surface area contributed by atoms with E-state index in [1.54, 1.807) is 0 Å². The molecule has 4 unspecified atom stereocenters. The SMILES string of the molecule is CCCCCCCCCCC(CC)CC(CC)CC(CC)C[N+](CC)(CC)CN1CCC(CCCC)C1=O. The third kappa shape index (κ3) is 13.2. The molecule has 3 nitrogen and oxygen atoms in total. The molecular weight excluding hydrogens is 464 g/mol. The lowest BCUT2D eigenvalue weighted by Gasteiger charge is -2.42. The van der Waals surface area contributed by atoms with Crippen LogP contribution in [-0.2, 0) is 4.79 Å². The first kappa shape index (κ1) is 35.5. The fraction of sp³-hybridized carbons (Fsp3) is 0.971. The highest BCUT2D eigenvalue weighted by molar-refractivity contribution is 5.80. The van der Waals surface area contributed by atoms with Crippen molar-refractivity contribution in [1.82, 2.24) is 4.90 Å². The molecule has 1 fully saturated rings. The van der Waals surface area contributed by atoms with Gasteiger partial charge in [0, 0.05) is 18.4 Å². The summed E-state index contributed by atoms with van der Waals surface area (Å²) in [6.07, 6.45) is 24.2. The molecule has 0 aromatic heterocycles. The van der Waals surface area contributed by atoms with Gasteiger partial charge in [-0.05, 0) is 57.8 Å². The van der Waals surface area contributed by atoms with Crippen molar-refractivity contribution in [2.75, 3.05) is 32.8 Å². The minimum Gasteiger partial charge on any atom is -0.307 e. The van der Waals surface area contributed by atoms with Crippen molar-refractivity contribution in [3.63, 3.8) is 0 Å². The van der Waals surface area contributed by atoms with Gasteiger partial charge in [-0.1, -0.05) is 118 Å². The molecule has 0 bridgehead atoms. The van der Waals surface area contributed by atoms with Crippen LogP contribution in [0.3, 0.4) is 0 Å². The van der Waals surface area contributed by atoms with E-state index in [9.17, 15) is 4.79 Å². The molecule has 1 aliphatic rings. The van der Waals surface area contributed by atoms with Gasteiger partial charge in [-0.25, -0.2) is 0 Å². The number of hydrogen-bond acceptors (Lipinski definition) is 1. The van der Waals surface area contributed by atoms with E-state index in [1.165, 1.54) is 109 Å². The third-order valence-corrected chi connectivity index (χ3v) is 10.3. The molecule has 1 saturated heterocycles. The largest absolute Gasteiger partial charge is 0.307 e. The second kappa shape index (κ2) is 21.2. The van der Waals surface area contributed by atoms with Gasteiger partial charge in [0.25, 0.3) is 0 Å². The van der Waals surface area contributed by atoms with Crippen LogP contribution in [0, 0.1) is 23.7 Å². The van der Waals surface area contributed by atoms with Crippen LogP contribution in [0.2, 0.25) is 0 Å². The number of hydrogen-bond donors (Lipinski definition) is 0. The molecule has 1 heterocycles. The Labute approximate surface area is 240 Å². The van der Waals surface area contributed by atoms with Crippen molar-refractivity contribution in [3.05, 3.63) is 0 Å². The summed E-state index contributed by atoms with van der Waals surface area (Å²) in [4.78, 5) is 15.4. The maximum absolute atomic E-state index is 13.2. The summed E-state index contributed by atoms with van der Waals surface area (Å²) in [7, 11) is 0. The topological polar surface area (TPSA) is 20.3 Å². The Balaban J connectivity index is 2.59. The van der Waals surface area contributed by atoms with Crippen LogP contribution in [0.5, 0.6) is 0 Å². The quantitative estimate of drug-likeness (QED) is 0.0841. The number of carbonyl (C=O) groups excluding carboxylic acids is 1. The average molecular weight is 536 g/mol. The molecule has 0 aromatic rings. The maximum atomic E-state index is 13.2. The summed E-state index contributed by atoms with van der Waals surface area (Å²) in [6.45, 7) is 22.0. The Bertz CT molecular complexity index is 572. The number of nitrogens with zero attached hydrogens (tertiary/aromatic N) is 2. The summed E-state index contributed by atoms with van der Waals surface area (Å²) in [6, 6.07) is 0. The molecule has 4 atom stereocenters. The van der Waals surface area contributed by atoms with E-state index in [4.69, 9.17) is 0 Å². The van der Waals surface area contributed by atoms with Crippen LogP contribution in [0.25, 0.3) is 0 Å². The van der Waals surface area contributed by atoms with Gasteiger partial charge < -0.3 is 4.48 Å². The molecule has 1 rings (SSSR count). The predicted molar refractivity (Wildman–Crippen MR) is 168 cm³/mol. The van der Waals surface area contributed by atoms with Gasteiger partial charge in [-0.15, -0.1) is 0 Å². The van der Waals surface area contributed by atoms with Gasteiger partial charge in [0.2, 0.25) is 5.91 Å². The molecule has 226 valence electrons. The number of likely N-dealkylation sites (tertiary alicyclic amines) is 1. The van der Waals surface area contributed by atoms with Crippen LogP contribution < -0.4 is 0 Å². The Morgan fingerprint density at radius 2 is 1.26 bits per heavy atom. The highest BCUT2D eigenvalue weighted by Crippen LogP contribution is 2.32. The van der Waals surface area contributed by atoms with E-state index in [-0.39, 0.29) is 0 Å². The summed E-state index contributed by atoms with van der Waals surface area (Å²) in [5.41, 5.74) is 0. The van der Waals surface area contributed by atoms with Crippen LogP contribution >= 0.6 is 0 Å². The first-order valence-corrected chi connectivity index (χ1v) is 17.6. The van der Waals surface area contributed by atoms with E-state index in [2.05, 4.69) is 53.4 Å². The van der Waals surface area contributed by atoms with Gasteiger partial charge in [-0.3, -0.25) is 9.69 Å². The highest BCUT2D eigenvalue weighted by atomic mass is 16.2. The zero-order valence-electron chi connectivity index (χ0n) is 27.4. The molecular formula is C35H71N2O+. The lowest BCUT2D eigenvalue weighted by atomic mass is 9.81. The Morgan fingerprint density at radius 3 is 1.82 bits per heavy atom. The first-order valence-electron chi connectivity index (χ1n) is 17.6. The lowest BCUT2D eigenvalue weighted by Crippen LogP contribution is -2.56. The van der Waals surface area contributed by atoms with Crippen LogP contribution in [0.15, 0.2) is 0 Å². The number of rotatable bonds is 25. The number of unbranched alkanes of at least 4 members (excludes halogenated alkanes) is 8. The zero-order chi connectivity index (χ0) is 28.2. The van der Waals surface area contributed by atoms with Crippen molar-refractivity contribution in [2.45, 2.75) is 164 Å². The highest BCUT2D eigenvalue weighted by Gasteiger charge is 2.37. The minimum atomic E-state index is 0.295. The van der Waals surface area contributed by atoms with Crippen molar-refractivity contribution in [1.29, 1.82) is 0 Å². The molecule has 0 radical (unpaired) electrons. The Hall–Kier alpha value is -0.570. The second-order valence-corrected chi connectivity index (χ2v) is 13.1. The van der Waals surface area contributed by atoms with Gasteiger partial charge in [0.15, 0.2) is 6.67 Å². The monoisotopic (exact) mass is 536 g/mol. The fourth-order valence-electron chi connectivity index (χ4n) is 7.11. The van der Waals surface area contributed by atoms with Crippen LogP contribution in [-0.4, -0.2) is 48.1 Å². The van der Waals surface area contributed by atoms with E-state index < -0.39 is 0 Å². The standard InChI is InChI=1S/C35H71N2O/c1-8-15-17-18-19-20-21-22-23-31(10-3)27-32(11-4)28-33(12-5)29-37(13-6,14-7)30-36-26-25-34(35(36)38)24-16-9-2/h31-34H,8-30H2,1-7H3/q+1. The molecule has 0 aliphatic carbocycles. The third-order valence-electron chi connectivity index (χ3n) is 10.3. The molecule has 3 heteroatoms. The molecule has 1 amide bonds. The minimum absolute atomic E-state index is 0.295. The average Bonchev–Trinajstić information content (AvgIpc) is 3.28. The van der Waals surface area contributed by atoms with E-state index in [0.717, 1.165) is 61.4 Å². The first-order chi connectivity index (χ1) is 18.4. The van der Waals surface area contributed by atoms with E-state index >= 15 is 0 Å². The normalized spacial score (nSPS) is 18.8. The van der Waals surface area contributed by atoms with Crippen molar-refractivity contribution in [3.8, 4) is 0 Å². The van der Waals surface area contributed by atoms with Gasteiger partial charge in [0.05, 0.1) is 19.6 Å². The van der Waals surface area contributed by atoms with Crippen molar-refractivity contribution < 1.29 is 9.28 Å². The molecule has 38 heavy (non-hydrogen) atoms. The lowest BCUT2D eigenvalue weighted by molar-refractivity contribution is -0.936. The maximum Gasteiger partial charge on any atom is 0.230 e. The van der Waals surface area contributed by atoms with Gasteiger partial charge in [-0.2, -0.15) is 0 Å². The summed E-state index contributed by atoms with van der Waals surface area (Å²) >= 11 is 0. The van der Waals surface area contributed by atoms with E-state index in [0.29, 0.717) is 11.8 Å². The van der Waals surface area contributed by atoms with Crippen molar-refractivity contribution >= 4 is 5.91 Å². The molecule has 1 aliphatic heterocycles. The molecule has 0 aromatic carbocycles. The number of amides is 1. The van der Waals surface area contributed by atoms with Crippen molar-refractivity contribution in [2.24, 2.45) is 23.7 Å². The Morgan fingerprint density at radius 1 is 0.711 bits per heavy atom. The Kier molecular flexibility index (Phi) is 19.8. The summed E-state index contributed by atoms with van der Waals surface area (Å²) in [5, 5.41) is 0. The number of quaternary nitrogens is 1. The smallest absolute Gasteiger partial charge is 0.230 e. The fourth-order valence-corrected chi connectivity index (χ4v) is 7.11. The molecule has 0 spiro atoms. The summed E-state index contributed by atoms with van der Waals surface area (Å²) < 4.78 is 1.09.